The number of anilines is 2. The van der Waals surface area contributed by atoms with Gasteiger partial charge in [-0.1, -0.05) is 86.6 Å². The maximum Gasteiger partial charge on any atom is 0.281 e. The minimum Gasteiger partial charge on any atom is -0.268 e. The zero-order valence-corrected chi connectivity index (χ0v) is 37.6. The number of carbonyl (C=O) groups excluding carboxylic acids is 8. The molecule has 65 heavy (non-hydrogen) atoms. The Labute approximate surface area is 374 Å². The topological polar surface area (TPSA) is 150 Å². The fraction of sp³-hybridized carbons (Fsp3) is 0.245. The van der Waals surface area contributed by atoms with Gasteiger partial charge in [-0.15, -0.1) is 0 Å². The van der Waals surface area contributed by atoms with Crippen LogP contribution in [0.3, 0.4) is 0 Å². The van der Waals surface area contributed by atoms with Crippen molar-refractivity contribution in [2.75, 3.05) is 9.80 Å². The molecule has 6 aromatic rings. The van der Waals surface area contributed by atoms with E-state index in [1.54, 1.807) is 0 Å². The molecule has 0 saturated carbocycles. The van der Waals surface area contributed by atoms with Crippen molar-refractivity contribution in [2.24, 2.45) is 0 Å². The summed E-state index contributed by atoms with van der Waals surface area (Å²) in [6, 6.07) is 22.6. The van der Waals surface area contributed by atoms with E-state index in [0.717, 1.165) is 26.5 Å². The van der Waals surface area contributed by atoms with Crippen LogP contribution in [0.1, 0.15) is 167 Å². The van der Waals surface area contributed by atoms with Crippen molar-refractivity contribution in [1.82, 2.24) is 10.0 Å². The number of benzene rings is 6. The van der Waals surface area contributed by atoms with Crippen molar-refractivity contribution in [3.05, 3.63) is 152 Å². The molecule has 4 aliphatic rings. The van der Waals surface area contributed by atoms with Crippen LogP contribution >= 0.6 is 0 Å². The molecule has 0 fully saturated rings. The van der Waals surface area contributed by atoms with Gasteiger partial charge in [0.1, 0.15) is 0 Å². The first-order valence-corrected chi connectivity index (χ1v) is 21.4. The van der Waals surface area contributed by atoms with Crippen LogP contribution in [0.15, 0.2) is 84.9 Å². The normalized spacial score (nSPS) is 16.3. The van der Waals surface area contributed by atoms with Crippen LogP contribution in [0.4, 0.5) is 11.4 Å². The highest BCUT2D eigenvalue weighted by molar-refractivity contribution is 6.42. The molecule has 0 radical (unpaired) electrons. The number of amides is 8. The molecule has 10 rings (SSSR count). The van der Waals surface area contributed by atoms with Gasteiger partial charge in [-0.3, -0.25) is 38.4 Å². The van der Waals surface area contributed by atoms with Crippen molar-refractivity contribution in [1.29, 1.82) is 0 Å². The average Bonchev–Trinajstić information content (AvgIpc) is 3.23. The lowest BCUT2D eigenvalue weighted by atomic mass is 9.80. The summed E-state index contributed by atoms with van der Waals surface area (Å²) in [4.78, 5) is 119. The van der Waals surface area contributed by atoms with E-state index in [-0.39, 0.29) is 76.9 Å². The molecular formula is C53H44N4O8. The highest BCUT2D eigenvalue weighted by Crippen LogP contribution is 2.45. The van der Waals surface area contributed by atoms with Crippen LogP contribution in [0, 0.1) is 6.92 Å². The Balaban J connectivity index is 1.04. The average molecular weight is 865 g/mol. The van der Waals surface area contributed by atoms with Gasteiger partial charge in [-0.25, -0.2) is 9.80 Å². The molecule has 0 atom stereocenters. The summed E-state index contributed by atoms with van der Waals surface area (Å²) in [5, 5.41) is 1.35. The molecule has 0 N–H and O–H groups in total. The summed E-state index contributed by atoms with van der Waals surface area (Å²) in [6.07, 6.45) is 0. The summed E-state index contributed by atoms with van der Waals surface area (Å²) in [7, 11) is 0. The summed E-state index contributed by atoms with van der Waals surface area (Å²) >= 11 is 0. The van der Waals surface area contributed by atoms with Gasteiger partial charge in [0, 0.05) is 43.8 Å². The molecular weight excluding hydrogens is 821 g/mol. The Hall–Kier alpha value is -7.60. The third-order valence-electron chi connectivity index (χ3n) is 13.2. The molecule has 0 unspecified atom stereocenters. The lowest BCUT2D eigenvalue weighted by Gasteiger charge is -2.38. The van der Waals surface area contributed by atoms with Gasteiger partial charge >= 0.3 is 0 Å². The van der Waals surface area contributed by atoms with Gasteiger partial charge in [0.25, 0.3) is 47.3 Å². The second-order valence-corrected chi connectivity index (χ2v) is 20.4. The number of hydrazine groups is 1. The Morgan fingerprint density at radius 1 is 0.323 bits per heavy atom. The second kappa shape index (κ2) is 13.2. The molecule has 4 heterocycles. The minimum atomic E-state index is -1.02. The van der Waals surface area contributed by atoms with Crippen molar-refractivity contribution < 1.29 is 38.4 Å². The van der Waals surface area contributed by atoms with Crippen molar-refractivity contribution in [3.8, 4) is 0 Å². The lowest BCUT2D eigenvalue weighted by Crippen LogP contribution is -2.58. The zero-order valence-electron chi connectivity index (χ0n) is 37.6. The monoisotopic (exact) mass is 864 g/mol. The van der Waals surface area contributed by atoms with Crippen molar-refractivity contribution >= 4 is 80.2 Å². The van der Waals surface area contributed by atoms with Gasteiger partial charge in [0.15, 0.2) is 0 Å². The van der Waals surface area contributed by atoms with E-state index in [2.05, 4.69) is 0 Å². The van der Waals surface area contributed by atoms with Crippen LogP contribution in [-0.2, 0) is 16.2 Å². The van der Waals surface area contributed by atoms with E-state index in [9.17, 15) is 38.4 Å². The molecule has 0 spiro atoms. The molecule has 0 aromatic heterocycles. The van der Waals surface area contributed by atoms with E-state index in [4.69, 9.17) is 0 Å². The third kappa shape index (κ3) is 5.62. The molecule has 0 saturated heterocycles. The smallest absolute Gasteiger partial charge is 0.268 e. The number of carbonyl (C=O) groups is 8. The van der Waals surface area contributed by atoms with Gasteiger partial charge in [-0.05, 0) is 106 Å². The Morgan fingerprint density at radius 2 is 0.600 bits per heavy atom. The molecule has 0 aliphatic carbocycles. The molecule has 324 valence electrons. The summed E-state index contributed by atoms with van der Waals surface area (Å²) in [5.74, 6) is -6.61. The third-order valence-corrected chi connectivity index (χ3v) is 13.2. The quantitative estimate of drug-likeness (QED) is 0.160. The second-order valence-electron chi connectivity index (χ2n) is 20.4. The fourth-order valence-corrected chi connectivity index (χ4v) is 9.66. The molecule has 6 aromatic carbocycles. The molecule has 0 bridgehead atoms. The van der Waals surface area contributed by atoms with Crippen LogP contribution in [0.5, 0.6) is 0 Å². The number of aryl methyl sites for hydroxylation is 1. The highest BCUT2D eigenvalue weighted by atomic mass is 16.2. The first kappa shape index (κ1) is 41.4. The molecule has 8 amide bonds. The van der Waals surface area contributed by atoms with Crippen molar-refractivity contribution in [3.63, 3.8) is 0 Å². The first-order chi connectivity index (χ1) is 30.4. The molecule has 4 aliphatic heterocycles. The number of hydrogen-bond acceptors (Lipinski definition) is 8. The summed E-state index contributed by atoms with van der Waals surface area (Å²) in [5.41, 5.74) is 3.14. The van der Waals surface area contributed by atoms with E-state index in [1.807, 2.05) is 106 Å². The van der Waals surface area contributed by atoms with E-state index >= 15 is 0 Å². The van der Waals surface area contributed by atoms with Gasteiger partial charge in [0.05, 0.1) is 33.6 Å². The fourth-order valence-electron chi connectivity index (χ4n) is 9.66. The van der Waals surface area contributed by atoms with Crippen molar-refractivity contribution in [2.45, 2.75) is 85.5 Å². The largest absolute Gasteiger partial charge is 0.281 e. The van der Waals surface area contributed by atoms with E-state index in [1.165, 1.54) is 48.5 Å². The predicted molar refractivity (Wildman–Crippen MR) is 245 cm³/mol. The van der Waals surface area contributed by atoms with Gasteiger partial charge < -0.3 is 0 Å². The number of nitrogens with zero attached hydrogens (tertiary/aromatic N) is 4. The number of hydrogen-bond donors (Lipinski definition) is 0. The highest BCUT2D eigenvalue weighted by Gasteiger charge is 2.49. The Kier molecular flexibility index (Phi) is 8.43. The minimum absolute atomic E-state index is 0.0628. The first-order valence-electron chi connectivity index (χ1n) is 21.4. The van der Waals surface area contributed by atoms with E-state index in [0.29, 0.717) is 27.0 Å². The standard InChI is InChI=1S/C53H44N4O8/c1-25-11-12-26(51(2,3)4)23-37(25)54-43(58)28-14-18-32-41-33(19-15-29(39(28)41)44(54)59)48(63)56(47(32)62)57-49(64)34-20-16-30-40-31(17-21-35(42(34)40)50(57)65)46(61)55(45(30)60)38-24-27(52(5,6)7)13-22-36(38)53(8,9)10/h11-24H,1-10H3. The number of rotatable bonds is 3. The Bertz CT molecular complexity index is 3220. The lowest BCUT2D eigenvalue weighted by molar-refractivity contribution is 0.00212. The predicted octanol–water partition coefficient (Wildman–Crippen LogP) is 9.60. The van der Waals surface area contributed by atoms with Gasteiger partial charge in [0.2, 0.25) is 0 Å². The number of imide groups is 4. The summed E-state index contributed by atoms with van der Waals surface area (Å²) < 4.78 is 0. The summed E-state index contributed by atoms with van der Waals surface area (Å²) in [6.45, 7) is 20.0. The Morgan fingerprint density at radius 3 is 0.908 bits per heavy atom. The SMILES string of the molecule is Cc1ccc(C(C)(C)C)cc1N1C(=O)c2ccc3c4c(ccc(c24)C1=O)C(=O)N(N1C(=O)c2ccc4c5c(ccc(c25)C1=O)C(=O)N(c1cc(C(C)(C)C)ccc1C(C)(C)C)C4=O)C3=O. The zero-order chi connectivity index (χ0) is 46.7. The molecule has 12 nitrogen and oxygen atoms in total. The van der Waals surface area contributed by atoms with Crippen LogP contribution in [-0.4, -0.2) is 57.3 Å². The van der Waals surface area contributed by atoms with Crippen LogP contribution in [0.25, 0.3) is 21.5 Å². The van der Waals surface area contributed by atoms with Crippen LogP contribution in [0.2, 0.25) is 0 Å². The molecule has 12 heteroatoms. The van der Waals surface area contributed by atoms with E-state index < -0.39 is 52.7 Å². The maximum absolute atomic E-state index is 14.6. The maximum atomic E-state index is 14.6. The van der Waals surface area contributed by atoms with Crippen LogP contribution < -0.4 is 9.80 Å². The van der Waals surface area contributed by atoms with Gasteiger partial charge in [-0.2, -0.15) is 10.0 Å².